The first-order chi connectivity index (χ1) is 15.7. The van der Waals surface area contributed by atoms with Crippen molar-refractivity contribution in [2.75, 3.05) is 13.1 Å². The summed E-state index contributed by atoms with van der Waals surface area (Å²) in [7, 11) is 0. The molecular formula is C28H24N2O2. The Kier molecular flexibility index (Phi) is 4.46. The van der Waals surface area contributed by atoms with Gasteiger partial charge in [-0.3, -0.25) is 9.59 Å². The maximum Gasteiger partial charge on any atom is 0.258 e. The lowest BCUT2D eigenvalue weighted by Crippen LogP contribution is -2.49. The molecule has 1 aromatic heterocycles. The van der Waals surface area contributed by atoms with Crippen molar-refractivity contribution in [3.8, 4) is 11.1 Å². The summed E-state index contributed by atoms with van der Waals surface area (Å²) in [6.45, 7) is 2.04. The van der Waals surface area contributed by atoms with E-state index in [2.05, 4.69) is 30.3 Å². The topological polar surface area (TPSA) is 42.3 Å². The Labute approximate surface area is 186 Å². The number of aromatic nitrogens is 1. The number of likely N-dealkylation sites (tertiary alicyclic amines) is 1. The predicted molar refractivity (Wildman–Crippen MR) is 127 cm³/mol. The van der Waals surface area contributed by atoms with Crippen molar-refractivity contribution in [3.63, 3.8) is 0 Å². The average molecular weight is 421 g/mol. The van der Waals surface area contributed by atoms with Crippen LogP contribution >= 0.6 is 0 Å². The number of nitrogens with zero attached hydrogens (tertiary/aromatic N) is 2. The van der Waals surface area contributed by atoms with Crippen LogP contribution in [0.1, 0.15) is 28.4 Å². The van der Waals surface area contributed by atoms with Crippen LogP contribution in [-0.2, 0) is 6.54 Å². The molecule has 4 nitrogen and oxygen atoms in total. The second-order valence-corrected chi connectivity index (χ2v) is 9.02. The number of hydrogen-bond donors (Lipinski definition) is 0. The number of piperidine rings is 1. The van der Waals surface area contributed by atoms with E-state index in [-0.39, 0.29) is 17.4 Å². The standard InChI is InChI=1S/C28H24N2O2/c31-27(21-7-2-1-3-8-21)29-16-19-14-24(18-29)26-13-12-25(28(32)30(26)17-19)23-11-10-20-6-4-5-9-22(20)15-23/h1-13,15,19,24H,14,16-18H2/t19-,24-/m1/s1. The van der Waals surface area contributed by atoms with Gasteiger partial charge < -0.3 is 9.47 Å². The third-order valence-corrected chi connectivity index (χ3v) is 6.97. The molecule has 3 aromatic carbocycles. The largest absolute Gasteiger partial charge is 0.338 e. The summed E-state index contributed by atoms with van der Waals surface area (Å²) in [5.74, 6) is 0.593. The fourth-order valence-electron chi connectivity index (χ4n) is 5.45. The number of carbonyl (C=O) groups is 1. The minimum atomic E-state index is 0.0790. The van der Waals surface area contributed by atoms with Gasteiger partial charge in [0, 0.05) is 42.4 Å². The van der Waals surface area contributed by atoms with Crippen molar-refractivity contribution in [1.82, 2.24) is 9.47 Å². The number of rotatable bonds is 2. The summed E-state index contributed by atoms with van der Waals surface area (Å²) in [6.07, 6.45) is 1.04. The molecule has 2 atom stereocenters. The van der Waals surface area contributed by atoms with Gasteiger partial charge in [0.05, 0.1) is 0 Å². The quantitative estimate of drug-likeness (QED) is 0.462. The fraction of sp³-hybridized carbons (Fsp3) is 0.214. The Morgan fingerprint density at radius 1 is 0.781 bits per heavy atom. The second-order valence-electron chi connectivity index (χ2n) is 9.02. The Morgan fingerprint density at radius 3 is 2.41 bits per heavy atom. The number of pyridine rings is 1. The third-order valence-electron chi connectivity index (χ3n) is 6.97. The minimum Gasteiger partial charge on any atom is -0.338 e. The van der Waals surface area contributed by atoms with E-state index in [9.17, 15) is 9.59 Å². The summed E-state index contributed by atoms with van der Waals surface area (Å²) in [5, 5.41) is 2.31. The monoisotopic (exact) mass is 420 g/mol. The molecule has 4 heteroatoms. The van der Waals surface area contributed by atoms with Crippen LogP contribution in [0.5, 0.6) is 0 Å². The van der Waals surface area contributed by atoms with E-state index in [4.69, 9.17) is 0 Å². The number of amides is 1. The van der Waals surface area contributed by atoms with E-state index in [0.29, 0.717) is 25.6 Å². The van der Waals surface area contributed by atoms with Crippen LogP contribution in [0, 0.1) is 5.92 Å². The fourth-order valence-corrected chi connectivity index (χ4v) is 5.45. The van der Waals surface area contributed by atoms with Crippen molar-refractivity contribution in [2.45, 2.75) is 18.9 Å². The Bertz CT molecular complexity index is 1390. The van der Waals surface area contributed by atoms with Crippen LogP contribution in [0.2, 0.25) is 0 Å². The molecule has 0 unspecified atom stereocenters. The lowest BCUT2D eigenvalue weighted by molar-refractivity contribution is 0.0594. The molecule has 2 bridgehead atoms. The van der Waals surface area contributed by atoms with Gasteiger partial charge in [0.2, 0.25) is 0 Å². The predicted octanol–water partition coefficient (Wildman–Crippen LogP) is 4.93. The zero-order chi connectivity index (χ0) is 21.7. The lowest BCUT2D eigenvalue weighted by atomic mass is 9.82. The van der Waals surface area contributed by atoms with Gasteiger partial charge in [0.15, 0.2) is 0 Å². The zero-order valence-corrected chi connectivity index (χ0v) is 17.8. The first-order valence-electron chi connectivity index (χ1n) is 11.2. The first kappa shape index (κ1) is 19.1. The highest BCUT2D eigenvalue weighted by Crippen LogP contribution is 2.36. The van der Waals surface area contributed by atoms with Crippen molar-refractivity contribution in [3.05, 3.63) is 107 Å². The number of benzene rings is 3. The van der Waals surface area contributed by atoms with Gasteiger partial charge in [-0.05, 0) is 59.0 Å². The second kappa shape index (κ2) is 7.49. The van der Waals surface area contributed by atoms with Crippen molar-refractivity contribution in [2.24, 2.45) is 5.92 Å². The lowest BCUT2D eigenvalue weighted by Gasteiger charge is -2.43. The van der Waals surface area contributed by atoms with Crippen molar-refractivity contribution in [1.29, 1.82) is 0 Å². The minimum absolute atomic E-state index is 0.0790. The van der Waals surface area contributed by atoms with Crippen LogP contribution in [0.15, 0.2) is 89.7 Å². The summed E-state index contributed by atoms with van der Waals surface area (Å²) in [5.41, 5.74) is 3.57. The van der Waals surface area contributed by atoms with Crippen LogP contribution in [0.4, 0.5) is 0 Å². The van der Waals surface area contributed by atoms with E-state index in [1.54, 1.807) is 0 Å². The van der Waals surface area contributed by atoms with Gasteiger partial charge in [0.1, 0.15) is 0 Å². The van der Waals surface area contributed by atoms with Gasteiger partial charge in [-0.1, -0.05) is 54.6 Å². The SMILES string of the molecule is O=C(c1ccccc1)N1C[C@H]2C[C@H](C1)c1ccc(-c3ccc4ccccc4c3)c(=O)n1C2. The molecule has 6 rings (SSSR count). The molecule has 1 fully saturated rings. The summed E-state index contributed by atoms with van der Waals surface area (Å²) in [4.78, 5) is 28.5. The molecule has 0 radical (unpaired) electrons. The molecule has 158 valence electrons. The van der Waals surface area contributed by atoms with E-state index < -0.39 is 0 Å². The zero-order valence-electron chi connectivity index (χ0n) is 17.8. The highest BCUT2D eigenvalue weighted by atomic mass is 16.2. The van der Waals surface area contributed by atoms with Gasteiger partial charge in [-0.25, -0.2) is 0 Å². The normalized spacial score (nSPS) is 19.6. The van der Waals surface area contributed by atoms with E-state index >= 15 is 0 Å². The molecule has 2 aliphatic rings. The van der Waals surface area contributed by atoms with Crippen LogP contribution < -0.4 is 5.56 Å². The van der Waals surface area contributed by atoms with Crippen LogP contribution in [-0.4, -0.2) is 28.5 Å². The maximum absolute atomic E-state index is 13.5. The molecule has 0 spiro atoms. The average Bonchev–Trinajstić information content (AvgIpc) is 2.84. The Hall–Kier alpha value is -3.66. The molecular weight excluding hydrogens is 396 g/mol. The highest BCUT2D eigenvalue weighted by molar-refractivity contribution is 5.94. The molecule has 4 aromatic rings. The third kappa shape index (κ3) is 3.14. The molecule has 0 saturated carbocycles. The van der Waals surface area contributed by atoms with E-state index in [1.807, 2.05) is 64.1 Å². The van der Waals surface area contributed by atoms with Crippen molar-refractivity contribution >= 4 is 16.7 Å². The summed E-state index contributed by atoms with van der Waals surface area (Å²) >= 11 is 0. The highest BCUT2D eigenvalue weighted by Gasteiger charge is 2.36. The van der Waals surface area contributed by atoms with Gasteiger partial charge >= 0.3 is 0 Å². The van der Waals surface area contributed by atoms with Gasteiger partial charge in [-0.2, -0.15) is 0 Å². The molecule has 3 heterocycles. The summed E-state index contributed by atoms with van der Waals surface area (Å²) in [6, 6.07) is 28.0. The Balaban J connectivity index is 1.34. The smallest absolute Gasteiger partial charge is 0.258 e. The van der Waals surface area contributed by atoms with E-state index in [1.165, 1.54) is 5.39 Å². The first-order valence-corrected chi connectivity index (χ1v) is 11.2. The van der Waals surface area contributed by atoms with E-state index in [0.717, 1.165) is 34.2 Å². The number of carbonyl (C=O) groups excluding carboxylic acids is 1. The molecule has 0 aliphatic carbocycles. The molecule has 1 saturated heterocycles. The molecule has 1 amide bonds. The van der Waals surface area contributed by atoms with Crippen LogP contribution in [0.3, 0.4) is 0 Å². The van der Waals surface area contributed by atoms with Crippen molar-refractivity contribution < 1.29 is 4.79 Å². The van der Waals surface area contributed by atoms with Crippen LogP contribution in [0.25, 0.3) is 21.9 Å². The summed E-state index contributed by atoms with van der Waals surface area (Å²) < 4.78 is 1.97. The maximum atomic E-state index is 13.5. The number of hydrogen-bond acceptors (Lipinski definition) is 2. The number of fused-ring (bicyclic) bond motifs is 5. The molecule has 2 aliphatic heterocycles. The Morgan fingerprint density at radius 2 is 1.56 bits per heavy atom. The van der Waals surface area contributed by atoms with Gasteiger partial charge in [-0.15, -0.1) is 0 Å². The van der Waals surface area contributed by atoms with Gasteiger partial charge in [0.25, 0.3) is 11.5 Å². The molecule has 32 heavy (non-hydrogen) atoms. The molecule has 0 N–H and O–H groups in total.